The van der Waals surface area contributed by atoms with Gasteiger partial charge < -0.3 is 5.32 Å². The van der Waals surface area contributed by atoms with E-state index in [1.807, 2.05) is 25.1 Å². The van der Waals surface area contributed by atoms with Crippen LogP contribution in [0.15, 0.2) is 34.3 Å². The third kappa shape index (κ3) is 3.05. The van der Waals surface area contributed by atoms with Crippen LogP contribution in [0.4, 0.5) is 5.69 Å². The molecule has 0 radical (unpaired) electrons. The Balaban J connectivity index is 2.77. The lowest BCUT2D eigenvalue weighted by Crippen LogP contribution is -2.02. The second-order valence-electron chi connectivity index (χ2n) is 2.78. The van der Waals surface area contributed by atoms with Crippen molar-refractivity contribution in [2.75, 3.05) is 11.9 Å². The van der Waals surface area contributed by atoms with Gasteiger partial charge in [0.15, 0.2) is 0 Å². The summed E-state index contributed by atoms with van der Waals surface area (Å²) in [4.78, 5) is 0. The van der Waals surface area contributed by atoms with Gasteiger partial charge in [-0.25, -0.2) is 0 Å². The van der Waals surface area contributed by atoms with E-state index in [9.17, 15) is 0 Å². The summed E-state index contributed by atoms with van der Waals surface area (Å²) in [6.45, 7) is 6.25. The van der Waals surface area contributed by atoms with E-state index in [0.717, 1.165) is 10.2 Å². The summed E-state index contributed by atoms with van der Waals surface area (Å²) in [5.41, 5.74) is 2.26. The second-order valence-corrected chi connectivity index (χ2v) is 4.17. The quantitative estimate of drug-likeness (QED) is 0.868. The smallest absolute Gasteiger partial charge is 0.0502 e. The molecule has 1 N–H and O–H groups in total. The van der Waals surface area contributed by atoms with Crippen LogP contribution in [0.5, 0.6) is 0 Å². The Kier molecular flexibility index (Phi) is 3.82. The van der Waals surface area contributed by atoms with E-state index in [1.54, 1.807) is 0 Å². The zero-order valence-electron chi connectivity index (χ0n) is 7.40. The summed E-state index contributed by atoms with van der Waals surface area (Å²) in [5, 5.41) is 3.80. The van der Waals surface area contributed by atoms with Crippen LogP contribution in [0.25, 0.3) is 0 Å². The maximum Gasteiger partial charge on any atom is 0.0502 e. The van der Waals surface area contributed by atoms with Crippen molar-refractivity contribution in [3.05, 3.63) is 39.8 Å². The molecule has 0 aliphatic heterocycles. The van der Waals surface area contributed by atoms with Gasteiger partial charge in [0.2, 0.25) is 0 Å². The first kappa shape index (κ1) is 10.6. The van der Waals surface area contributed by atoms with Gasteiger partial charge in [0.1, 0.15) is 0 Å². The second kappa shape index (κ2) is 4.68. The molecule has 1 nitrogen and oxygen atoms in total. The van der Waals surface area contributed by atoms with E-state index < -0.39 is 0 Å². The van der Waals surface area contributed by atoms with Crippen molar-refractivity contribution in [1.82, 2.24) is 0 Å². The summed E-state index contributed by atoms with van der Waals surface area (Å²) in [5.74, 6) is 0. The molecule has 13 heavy (non-hydrogen) atoms. The Bertz CT molecular complexity index is 323. The zero-order chi connectivity index (χ0) is 9.84. The molecule has 0 aliphatic carbocycles. The van der Waals surface area contributed by atoms with Gasteiger partial charge in [-0.3, -0.25) is 0 Å². The molecule has 0 amide bonds. The van der Waals surface area contributed by atoms with Crippen molar-refractivity contribution in [3.8, 4) is 0 Å². The number of benzene rings is 1. The molecule has 0 saturated heterocycles. The zero-order valence-corrected chi connectivity index (χ0v) is 9.74. The van der Waals surface area contributed by atoms with Crippen molar-refractivity contribution in [1.29, 1.82) is 0 Å². The molecule has 70 valence electrons. The van der Waals surface area contributed by atoms with Gasteiger partial charge >= 0.3 is 0 Å². The number of anilines is 1. The van der Waals surface area contributed by atoms with Gasteiger partial charge in [0.05, 0.1) is 6.54 Å². The molecule has 0 aromatic heterocycles. The number of rotatable bonds is 3. The average molecular weight is 261 g/mol. The number of hydrogen-bond acceptors (Lipinski definition) is 1. The topological polar surface area (TPSA) is 12.0 Å². The molecule has 0 spiro atoms. The minimum Gasteiger partial charge on any atom is -0.380 e. The fraction of sp³-hybridized carbons (Fsp3) is 0.200. The Labute approximate surface area is 91.9 Å². The van der Waals surface area contributed by atoms with Gasteiger partial charge in [-0.05, 0) is 24.6 Å². The van der Waals surface area contributed by atoms with Crippen molar-refractivity contribution >= 4 is 33.2 Å². The highest BCUT2D eigenvalue weighted by atomic mass is 79.9. The summed E-state index contributed by atoms with van der Waals surface area (Å²) in [7, 11) is 0. The Morgan fingerprint density at radius 1 is 1.62 bits per heavy atom. The molecular formula is C10H11BrClN. The third-order valence-electron chi connectivity index (χ3n) is 1.74. The van der Waals surface area contributed by atoms with Crippen LogP contribution in [-0.4, -0.2) is 6.54 Å². The van der Waals surface area contributed by atoms with E-state index in [2.05, 4.69) is 27.8 Å². The number of hydrogen-bond donors (Lipinski definition) is 1. The minimum absolute atomic E-state index is 0.596. The summed E-state index contributed by atoms with van der Waals surface area (Å²) < 4.78 is 1.10. The van der Waals surface area contributed by atoms with Crippen molar-refractivity contribution < 1.29 is 0 Å². The molecular weight excluding hydrogens is 249 g/mol. The van der Waals surface area contributed by atoms with Gasteiger partial charge in [0, 0.05) is 15.2 Å². The van der Waals surface area contributed by atoms with Crippen LogP contribution in [-0.2, 0) is 0 Å². The standard InChI is InChI=1S/C10H11BrClN/c1-7(12)6-13-10-5-3-4-9(11)8(10)2/h3-5,13H,1,6H2,2H3. The molecule has 0 bridgehead atoms. The molecule has 1 rings (SSSR count). The highest BCUT2D eigenvalue weighted by molar-refractivity contribution is 9.10. The van der Waals surface area contributed by atoms with Crippen molar-refractivity contribution in [2.45, 2.75) is 6.92 Å². The van der Waals surface area contributed by atoms with Gasteiger partial charge in [-0.1, -0.05) is 40.2 Å². The van der Waals surface area contributed by atoms with Gasteiger partial charge in [-0.2, -0.15) is 0 Å². The van der Waals surface area contributed by atoms with Crippen molar-refractivity contribution in [3.63, 3.8) is 0 Å². The minimum atomic E-state index is 0.596. The van der Waals surface area contributed by atoms with E-state index in [0.29, 0.717) is 11.6 Å². The molecule has 3 heteroatoms. The lowest BCUT2D eigenvalue weighted by molar-refractivity contribution is 1.28. The monoisotopic (exact) mass is 259 g/mol. The summed E-state index contributed by atoms with van der Waals surface area (Å²) >= 11 is 9.11. The number of halogens is 2. The van der Waals surface area contributed by atoms with E-state index in [-0.39, 0.29) is 0 Å². The Morgan fingerprint density at radius 3 is 2.92 bits per heavy atom. The summed E-state index contributed by atoms with van der Waals surface area (Å²) in [6.07, 6.45) is 0. The first-order chi connectivity index (χ1) is 6.11. The largest absolute Gasteiger partial charge is 0.380 e. The predicted octanol–water partition coefficient (Wildman–Crippen LogP) is 3.92. The average Bonchev–Trinajstić information content (AvgIpc) is 2.07. The highest BCUT2D eigenvalue weighted by Gasteiger charge is 2.00. The fourth-order valence-electron chi connectivity index (χ4n) is 0.990. The Hall–Kier alpha value is -0.470. The molecule has 1 aromatic carbocycles. The molecule has 1 aromatic rings. The third-order valence-corrected chi connectivity index (χ3v) is 2.73. The van der Waals surface area contributed by atoms with Crippen LogP contribution in [0.3, 0.4) is 0 Å². The molecule has 0 atom stereocenters. The lowest BCUT2D eigenvalue weighted by Gasteiger charge is -2.09. The molecule has 0 unspecified atom stereocenters. The lowest BCUT2D eigenvalue weighted by atomic mass is 10.2. The maximum atomic E-state index is 5.65. The molecule has 0 heterocycles. The molecule has 0 saturated carbocycles. The molecule has 0 fully saturated rings. The van der Waals surface area contributed by atoms with Crippen LogP contribution in [0, 0.1) is 6.92 Å². The van der Waals surface area contributed by atoms with Crippen LogP contribution >= 0.6 is 27.5 Å². The van der Waals surface area contributed by atoms with E-state index in [1.165, 1.54) is 5.56 Å². The highest BCUT2D eigenvalue weighted by Crippen LogP contribution is 2.23. The van der Waals surface area contributed by atoms with Crippen LogP contribution in [0.2, 0.25) is 0 Å². The van der Waals surface area contributed by atoms with Crippen molar-refractivity contribution in [2.24, 2.45) is 0 Å². The maximum absolute atomic E-state index is 5.65. The fourth-order valence-corrected chi connectivity index (χ4v) is 1.42. The normalized spacial score (nSPS) is 9.77. The number of nitrogens with one attached hydrogen (secondary N) is 1. The van der Waals surface area contributed by atoms with Crippen LogP contribution < -0.4 is 5.32 Å². The summed E-state index contributed by atoms with van der Waals surface area (Å²) in [6, 6.07) is 6.01. The van der Waals surface area contributed by atoms with E-state index >= 15 is 0 Å². The van der Waals surface area contributed by atoms with Crippen LogP contribution in [0.1, 0.15) is 5.56 Å². The van der Waals surface area contributed by atoms with E-state index in [4.69, 9.17) is 11.6 Å². The van der Waals surface area contributed by atoms with Gasteiger partial charge in [-0.15, -0.1) is 0 Å². The van der Waals surface area contributed by atoms with Gasteiger partial charge in [0.25, 0.3) is 0 Å². The predicted molar refractivity (Wildman–Crippen MR) is 62.4 cm³/mol. The molecule has 0 aliphatic rings. The Morgan fingerprint density at radius 2 is 2.31 bits per heavy atom. The first-order valence-electron chi connectivity index (χ1n) is 3.93. The first-order valence-corrected chi connectivity index (χ1v) is 5.10. The SMILES string of the molecule is C=C(Cl)CNc1cccc(Br)c1C.